The van der Waals surface area contributed by atoms with Crippen LogP contribution in [0.4, 0.5) is 4.79 Å². The van der Waals surface area contributed by atoms with Gasteiger partial charge in [-0.3, -0.25) is 0 Å². The third-order valence-corrected chi connectivity index (χ3v) is 3.70. The summed E-state index contributed by atoms with van der Waals surface area (Å²) in [5.74, 6) is -0.181. The molecule has 134 valence electrons. The Morgan fingerprint density at radius 1 is 1.21 bits per heavy atom. The Hall–Kier alpha value is -1.96. The Balaban J connectivity index is 2.97. The summed E-state index contributed by atoms with van der Waals surface area (Å²) in [5, 5.41) is 11.7. The minimum atomic E-state index is -1.16. The first-order valence-corrected chi connectivity index (χ1v) is 7.99. The number of hydrogen-bond acceptors (Lipinski definition) is 5. The Kier molecular flexibility index (Phi) is 6.89. The average molecular weight is 404 g/mol. The normalized spacial score (nSPS) is 12.2. The van der Waals surface area contributed by atoms with Gasteiger partial charge in [-0.25, -0.2) is 9.59 Å². The van der Waals surface area contributed by atoms with Gasteiger partial charge in [0.05, 0.1) is 14.2 Å². The van der Waals surface area contributed by atoms with Crippen LogP contribution < -0.4 is 14.8 Å². The summed E-state index contributed by atoms with van der Waals surface area (Å²) >= 11 is 3.37. The molecule has 0 aliphatic rings. The van der Waals surface area contributed by atoms with Gasteiger partial charge in [0.15, 0.2) is 11.5 Å². The van der Waals surface area contributed by atoms with Crippen LogP contribution in [0.5, 0.6) is 11.5 Å². The van der Waals surface area contributed by atoms with Crippen LogP contribution in [0.3, 0.4) is 0 Å². The van der Waals surface area contributed by atoms with Crippen LogP contribution in [-0.4, -0.2) is 43.0 Å². The minimum absolute atomic E-state index is 0.0511. The number of nitrogens with one attached hydrogen (secondary N) is 1. The van der Waals surface area contributed by atoms with Gasteiger partial charge < -0.3 is 24.6 Å². The van der Waals surface area contributed by atoms with E-state index in [4.69, 9.17) is 14.2 Å². The van der Waals surface area contributed by atoms with Crippen molar-refractivity contribution in [2.45, 2.75) is 38.8 Å². The average Bonchev–Trinajstić information content (AvgIpc) is 2.45. The van der Waals surface area contributed by atoms with Crippen LogP contribution in [0, 0.1) is 0 Å². The highest BCUT2D eigenvalue weighted by Crippen LogP contribution is 2.33. The summed E-state index contributed by atoms with van der Waals surface area (Å²) in [4.78, 5) is 23.3. The Labute approximate surface area is 149 Å². The molecule has 0 saturated heterocycles. The van der Waals surface area contributed by atoms with E-state index in [2.05, 4.69) is 21.2 Å². The molecule has 1 aromatic carbocycles. The molecule has 1 amide bonds. The first-order valence-electron chi connectivity index (χ1n) is 7.20. The van der Waals surface area contributed by atoms with E-state index >= 15 is 0 Å². The number of carbonyl (C=O) groups excluding carboxylic acids is 1. The lowest BCUT2D eigenvalue weighted by molar-refractivity contribution is -0.139. The highest BCUT2D eigenvalue weighted by molar-refractivity contribution is 9.10. The number of amides is 1. The fraction of sp³-hybridized carbons (Fsp3) is 0.500. The van der Waals surface area contributed by atoms with Crippen LogP contribution in [0.15, 0.2) is 16.6 Å². The Morgan fingerprint density at radius 2 is 1.75 bits per heavy atom. The molecule has 7 nitrogen and oxygen atoms in total. The van der Waals surface area contributed by atoms with Crippen molar-refractivity contribution in [2.24, 2.45) is 0 Å². The van der Waals surface area contributed by atoms with Crippen molar-refractivity contribution in [3.05, 3.63) is 22.2 Å². The molecular weight excluding hydrogens is 382 g/mol. The largest absolute Gasteiger partial charge is 0.493 e. The second kappa shape index (κ2) is 8.23. The molecule has 1 atom stereocenters. The standard InChI is InChI=1S/C16H22BrNO6/c1-16(2,3)24-15(21)18-11(14(19)20)6-9-7-12(22-4)13(23-5)8-10(9)17/h7-8,11H,6H2,1-5H3,(H,18,21)(H,19,20). The van der Waals surface area contributed by atoms with E-state index in [1.165, 1.54) is 14.2 Å². The number of rotatable bonds is 6. The highest BCUT2D eigenvalue weighted by Gasteiger charge is 2.25. The topological polar surface area (TPSA) is 94.1 Å². The third kappa shape index (κ3) is 5.92. The van der Waals surface area contributed by atoms with Gasteiger partial charge >= 0.3 is 12.1 Å². The number of ether oxygens (including phenoxy) is 3. The lowest BCUT2D eigenvalue weighted by Gasteiger charge is -2.22. The second-order valence-electron chi connectivity index (χ2n) is 6.04. The summed E-state index contributed by atoms with van der Waals surface area (Å²) in [7, 11) is 3.00. The first-order chi connectivity index (χ1) is 11.1. The van der Waals surface area contributed by atoms with Crippen molar-refractivity contribution in [1.82, 2.24) is 5.32 Å². The SMILES string of the molecule is COc1cc(Br)c(CC(NC(=O)OC(C)(C)C)C(=O)O)cc1OC. The summed E-state index contributed by atoms with van der Waals surface area (Å²) in [6.45, 7) is 5.10. The van der Waals surface area contributed by atoms with Gasteiger partial charge in [-0.1, -0.05) is 15.9 Å². The van der Waals surface area contributed by atoms with Crippen LogP contribution in [-0.2, 0) is 16.0 Å². The first kappa shape index (κ1) is 20.1. The molecule has 24 heavy (non-hydrogen) atoms. The van der Waals surface area contributed by atoms with Gasteiger partial charge in [-0.05, 0) is 38.5 Å². The van der Waals surface area contributed by atoms with Gasteiger partial charge in [0.2, 0.25) is 0 Å². The maximum Gasteiger partial charge on any atom is 0.408 e. The molecular formula is C16H22BrNO6. The van der Waals surface area contributed by atoms with Gasteiger partial charge in [0.1, 0.15) is 11.6 Å². The molecule has 1 aromatic rings. The number of hydrogen-bond donors (Lipinski definition) is 2. The van der Waals surface area contributed by atoms with E-state index in [0.717, 1.165) is 0 Å². The molecule has 1 unspecified atom stereocenters. The van der Waals surface area contributed by atoms with E-state index in [-0.39, 0.29) is 6.42 Å². The molecule has 0 fully saturated rings. The van der Waals surface area contributed by atoms with Crippen molar-refractivity contribution in [3.8, 4) is 11.5 Å². The fourth-order valence-corrected chi connectivity index (χ4v) is 2.41. The lowest BCUT2D eigenvalue weighted by Crippen LogP contribution is -2.44. The number of alkyl carbamates (subject to hydrolysis) is 1. The fourth-order valence-electron chi connectivity index (χ4n) is 1.92. The minimum Gasteiger partial charge on any atom is -0.493 e. The lowest BCUT2D eigenvalue weighted by atomic mass is 10.1. The number of carboxylic acid groups (broad SMARTS) is 1. The van der Waals surface area contributed by atoms with Crippen LogP contribution in [0.25, 0.3) is 0 Å². The molecule has 0 radical (unpaired) electrons. The monoisotopic (exact) mass is 403 g/mol. The van der Waals surface area contributed by atoms with E-state index in [0.29, 0.717) is 21.5 Å². The number of carbonyl (C=O) groups is 2. The Morgan fingerprint density at radius 3 is 2.21 bits per heavy atom. The molecule has 0 spiro atoms. The molecule has 0 aromatic heterocycles. The molecule has 0 aliphatic heterocycles. The zero-order chi connectivity index (χ0) is 18.5. The zero-order valence-electron chi connectivity index (χ0n) is 14.3. The third-order valence-electron chi connectivity index (χ3n) is 2.97. The van der Waals surface area contributed by atoms with Crippen molar-refractivity contribution < 1.29 is 28.9 Å². The summed E-state index contributed by atoms with van der Waals surface area (Å²) < 4.78 is 16.1. The van der Waals surface area contributed by atoms with Crippen LogP contribution in [0.2, 0.25) is 0 Å². The predicted octanol–water partition coefficient (Wildman–Crippen LogP) is 2.99. The molecule has 0 saturated carbocycles. The zero-order valence-corrected chi connectivity index (χ0v) is 15.9. The van der Waals surface area contributed by atoms with Gasteiger partial charge in [-0.2, -0.15) is 0 Å². The smallest absolute Gasteiger partial charge is 0.408 e. The number of aliphatic carboxylic acids is 1. The molecule has 2 N–H and O–H groups in total. The van der Waals surface area contributed by atoms with Crippen molar-refractivity contribution >= 4 is 28.0 Å². The van der Waals surface area contributed by atoms with E-state index in [1.807, 2.05) is 0 Å². The quantitative estimate of drug-likeness (QED) is 0.757. The van der Waals surface area contributed by atoms with Crippen molar-refractivity contribution in [1.29, 1.82) is 0 Å². The van der Waals surface area contributed by atoms with Gasteiger partial charge in [0, 0.05) is 10.9 Å². The molecule has 0 bridgehead atoms. The predicted molar refractivity (Wildman–Crippen MR) is 91.7 cm³/mol. The second-order valence-corrected chi connectivity index (χ2v) is 6.89. The number of halogens is 1. The van der Waals surface area contributed by atoms with E-state index in [1.54, 1.807) is 32.9 Å². The maximum absolute atomic E-state index is 11.8. The van der Waals surface area contributed by atoms with Crippen LogP contribution in [0.1, 0.15) is 26.3 Å². The molecule has 8 heteroatoms. The number of methoxy groups -OCH3 is 2. The van der Waals surface area contributed by atoms with Gasteiger partial charge in [0.25, 0.3) is 0 Å². The van der Waals surface area contributed by atoms with E-state index in [9.17, 15) is 14.7 Å². The number of benzene rings is 1. The van der Waals surface area contributed by atoms with Crippen molar-refractivity contribution in [2.75, 3.05) is 14.2 Å². The van der Waals surface area contributed by atoms with E-state index < -0.39 is 23.7 Å². The Bertz CT molecular complexity index is 611. The number of carboxylic acids is 1. The summed E-state index contributed by atoms with van der Waals surface area (Å²) in [6, 6.07) is 2.20. The molecule has 1 rings (SSSR count). The van der Waals surface area contributed by atoms with Crippen LogP contribution >= 0.6 is 15.9 Å². The molecule has 0 heterocycles. The molecule has 0 aliphatic carbocycles. The summed E-state index contributed by atoms with van der Waals surface area (Å²) in [6.07, 6.45) is -0.735. The highest BCUT2D eigenvalue weighted by atomic mass is 79.9. The van der Waals surface area contributed by atoms with Gasteiger partial charge in [-0.15, -0.1) is 0 Å². The maximum atomic E-state index is 11.8. The van der Waals surface area contributed by atoms with Crippen molar-refractivity contribution in [3.63, 3.8) is 0 Å². The summed E-state index contributed by atoms with van der Waals surface area (Å²) in [5.41, 5.74) is -0.0621.